The first-order valence-corrected chi connectivity index (χ1v) is 9.13. The number of nitrogens with one attached hydrogen (secondary N) is 1. The summed E-state index contributed by atoms with van der Waals surface area (Å²) in [5.74, 6) is 0.408. The van der Waals surface area contributed by atoms with Gasteiger partial charge in [-0.3, -0.25) is 14.7 Å². The van der Waals surface area contributed by atoms with Crippen LogP contribution < -0.4 is 5.32 Å². The Balaban J connectivity index is 1.33. The Labute approximate surface area is 144 Å². The Morgan fingerprint density at radius 2 is 2.42 bits per heavy atom. The van der Waals surface area contributed by atoms with Gasteiger partial charge in [-0.15, -0.1) is 11.3 Å². The molecule has 1 amide bonds. The SMILES string of the molecule is O=C(Nc1cccnc1)[C@@H]1C[C@H]2CCN(Cc3nccs3)C[C@H]2O1. The average Bonchev–Trinajstić information content (AvgIpc) is 3.25. The molecule has 0 saturated carbocycles. The van der Waals surface area contributed by atoms with Gasteiger partial charge in [-0.1, -0.05) is 0 Å². The van der Waals surface area contributed by atoms with Crippen molar-refractivity contribution in [1.82, 2.24) is 14.9 Å². The maximum absolute atomic E-state index is 12.4. The lowest BCUT2D eigenvalue weighted by Crippen LogP contribution is -2.41. The number of pyridine rings is 1. The van der Waals surface area contributed by atoms with Crippen LogP contribution in [0, 0.1) is 5.92 Å². The van der Waals surface area contributed by atoms with E-state index in [2.05, 4.69) is 20.2 Å². The van der Waals surface area contributed by atoms with Gasteiger partial charge in [0, 0.05) is 24.3 Å². The first-order valence-electron chi connectivity index (χ1n) is 8.25. The van der Waals surface area contributed by atoms with Gasteiger partial charge in [0.05, 0.1) is 24.5 Å². The summed E-state index contributed by atoms with van der Waals surface area (Å²) >= 11 is 1.68. The van der Waals surface area contributed by atoms with E-state index in [4.69, 9.17) is 4.74 Å². The largest absolute Gasteiger partial charge is 0.364 e. The monoisotopic (exact) mass is 344 g/mol. The second kappa shape index (κ2) is 6.96. The number of hydrogen-bond acceptors (Lipinski definition) is 6. The second-order valence-electron chi connectivity index (χ2n) is 6.34. The normalized spacial score (nSPS) is 26.9. The van der Waals surface area contributed by atoms with Crippen molar-refractivity contribution in [3.05, 3.63) is 41.1 Å². The van der Waals surface area contributed by atoms with Crippen LogP contribution >= 0.6 is 11.3 Å². The van der Waals surface area contributed by atoms with E-state index in [1.165, 1.54) is 0 Å². The molecule has 2 fully saturated rings. The molecule has 0 aliphatic carbocycles. The Bertz CT molecular complexity index is 679. The highest BCUT2D eigenvalue weighted by molar-refractivity contribution is 7.09. The topological polar surface area (TPSA) is 67.4 Å². The fourth-order valence-corrected chi connectivity index (χ4v) is 4.15. The quantitative estimate of drug-likeness (QED) is 0.920. The molecule has 2 saturated heterocycles. The van der Waals surface area contributed by atoms with Crippen LogP contribution in [0.2, 0.25) is 0 Å². The summed E-state index contributed by atoms with van der Waals surface area (Å²) in [5.41, 5.74) is 0.714. The Morgan fingerprint density at radius 1 is 1.46 bits per heavy atom. The molecule has 0 spiro atoms. The van der Waals surface area contributed by atoms with Crippen LogP contribution in [0.4, 0.5) is 5.69 Å². The number of carbonyl (C=O) groups is 1. The summed E-state index contributed by atoms with van der Waals surface area (Å²) in [5, 5.41) is 6.04. The van der Waals surface area contributed by atoms with Crippen molar-refractivity contribution in [2.45, 2.75) is 31.6 Å². The highest BCUT2D eigenvalue weighted by Crippen LogP contribution is 2.34. The van der Waals surface area contributed by atoms with E-state index >= 15 is 0 Å². The molecule has 1 N–H and O–H groups in total. The summed E-state index contributed by atoms with van der Waals surface area (Å²) in [6.45, 7) is 2.79. The predicted molar refractivity (Wildman–Crippen MR) is 91.6 cm³/mol. The molecule has 0 radical (unpaired) electrons. The number of amides is 1. The summed E-state index contributed by atoms with van der Waals surface area (Å²) in [7, 11) is 0. The smallest absolute Gasteiger partial charge is 0.253 e. The Kier molecular flexibility index (Phi) is 4.55. The number of likely N-dealkylation sites (tertiary alicyclic amines) is 1. The standard InChI is InChI=1S/C17H20N4O2S/c22-17(20-13-2-1-4-18-9-13)14-8-12-3-6-21(10-15(12)23-14)11-16-19-5-7-24-16/h1-2,4-5,7,9,12,14-15H,3,6,8,10-11H2,(H,20,22)/t12-,14+,15-/m1/s1. The third-order valence-electron chi connectivity index (χ3n) is 4.70. The minimum atomic E-state index is -0.361. The Hall–Kier alpha value is -1.83. The van der Waals surface area contributed by atoms with Crippen LogP contribution in [-0.2, 0) is 16.1 Å². The van der Waals surface area contributed by atoms with E-state index in [9.17, 15) is 4.79 Å². The molecule has 4 rings (SSSR count). The number of ether oxygens (including phenoxy) is 1. The number of thiazole rings is 1. The highest BCUT2D eigenvalue weighted by atomic mass is 32.1. The van der Waals surface area contributed by atoms with Crippen LogP contribution in [0.1, 0.15) is 17.8 Å². The summed E-state index contributed by atoms with van der Waals surface area (Å²) < 4.78 is 6.06. The van der Waals surface area contributed by atoms with Gasteiger partial charge in [-0.05, 0) is 37.4 Å². The van der Waals surface area contributed by atoms with Gasteiger partial charge in [-0.25, -0.2) is 4.98 Å². The third-order valence-corrected chi connectivity index (χ3v) is 5.46. The van der Waals surface area contributed by atoms with Gasteiger partial charge in [0.1, 0.15) is 11.1 Å². The van der Waals surface area contributed by atoms with E-state index in [0.717, 1.165) is 37.5 Å². The lowest BCUT2D eigenvalue weighted by Gasteiger charge is -2.33. The number of hydrogen-bond donors (Lipinski definition) is 1. The molecule has 0 unspecified atom stereocenters. The van der Waals surface area contributed by atoms with Crippen molar-refractivity contribution in [2.24, 2.45) is 5.92 Å². The van der Waals surface area contributed by atoms with Gasteiger partial charge in [0.25, 0.3) is 5.91 Å². The molecule has 3 atom stereocenters. The minimum Gasteiger partial charge on any atom is -0.364 e. The van der Waals surface area contributed by atoms with Crippen molar-refractivity contribution in [2.75, 3.05) is 18.4 Å². The highest BCUT2D eigenvalue weighted by Gasteiger charge is 2.41. The number of carbonyl (C=O) groups excluding carboxylic acids is 1. The molecule has 2 aliphatic heterocycles. The predicted octanol–water partition coefficient (Wildman–Crippen LogP) is 2.16. The molecular weight excluding hydrogens is 324 g/mol. The zero-order valence-electron chi connectivity index (χ0n) is 13.3. The second-order valence-corrected chi connectivity index (χ2v) is 7.32. The molecule has 24 heavy (non-hydrogen) atoms. The number of anilines is 1. The molecule has 6 nitrogen and oxygen atoms in total. The summed E-state index contributed by atoms with van der Waals surface area (Å²) in [6, 6.07) is 3.64. The fraction of sp³-hybridized carbons (Fsp3) is 0.471. The number of aromatic nitrogens is 2. The van der Waals surface area contributed by atoms with Crippen molar-refractivity contribution in [3.8, 4) is 0 Å². The molecule has 0 bridgehead atoms. The lowest BCUT2D eigenvalue weighted by molar-refractivity contribution is -0.127. The summed E-state index contributed by atoms with van der Waals surface area (Å²) in [6.07, 6.45) is 6.85. The maximum Gasteiger partial charge on any atom is 0.253 e. The molecule has 4 heterocycles. The molecule has 2 aliphatic rings. The Morgan fingerprint density at radius 3 is 3.21 bits per heavy atom. The third kappa shape index (κ3) is 3.48. The number of fused-ring (bicyclic) bond motifs is 1. The molecule has 2 aromatic rings. The van der Waals surface area contributed by atoms with E-state index in [0.29, 0.717) is 11.6 Å². The molecular formula is C17H20N4O2S. The maximum atomic E-state index is 12.4. The van der Waals surface area contributed by atoms with Crippen molar-refractivity contribution < 1.29 is 9.53 Å². The van der Waals surface area contributed by atoms with E-state index in [-0.39, 0.29) is 18.1 Å². The molecule has 126 valence electrons. The molecule has 7 heteroatoms. The van der Waals surface area contributed by atoms with Crippen LogP contribution in [0.15, 0.2) is 36.1 Å². The zero-order valence-corrected chi connectivity index (χ0v) is 14.1. The lowest BCUT2D eigenvalue weighted by atomic mass is 9.91. The van der Waals surface area contributed by atoms with Gasteiger partial charge in [0.15, 0.2) is 0 Å². The van der Waals surface area contributed by atoms with Crippen molar-refractivity contribution in [3.63, 3.8) is 0 Å². The molecule has 2 aromatic heterocycles. The average molecular weight is 344 g/mol. The van der Waals surface area contributed by atoms with E-state index in [1.54, 1.807) is 29.8 Å². The van der Waals surface area contributed by atoms with Gasteiger partial charge in [0.2, 0.25) is 0 Å². The number of rotatable bonds is 4. The fourth-order valence-electron chi connectivity index (χ4n) is 3.49. The van der Waals surface area contributed by atoms with Gasteiger partial charge < -0.3 is 10.1 Å². The minimum absolute atomic E-state index is 0.0659. The first kappa shape index (κ1) is 15.7. The van der Waals surface area contributed by atoms with Crippen LogP contribution in [0.25, 0.3) is 0 Å². The first-order chi connectivity index (χ1) is 11.8. The van der Waals surface area contributed by atoms with Crippen LogP contribution in [0.3, 0.4) is 0 Å². The van der Waals surface area contributed by atoms with Gasteiger partial charge >= 0.3 is 0 Å². The van der Waals surface area contributed by atoms with Crippen LogP contribution in [0.5, 0.6) is 0 Å². The van der Waals surface area contributed by atoms with E-state index < -0.39 is 0 Å². The van der Waals surface area contributed by atoms with Gasteiger partial charge in [-0.2, -0.15) is 0 Å². The van der Waals surface area contributed by atoms with Crippen molar-refractivity contribution >= 4 is 22.9 Å². The molecule has 0 aromatic carbocycles. The van der Waals surface area contributed by atoms with Crippen LogP contribution in [-0.4, -0.2) is 46.1 Å². The summed E-state index contributed by atoms with van der Waals surface area (Å²) in [4.78, 5) is 23.2. The number of nitrogens with zero attached hydrogens (tertiary/aromatic N) is 3. The van der Waals surface area contributed by atoms with E-state index in [1.807, 2.05) is 17.6 Å². The zero-order chi connectivity index (χ0) is 16.4. The van der Waals surface area contributed by atoms with Crippen molar-refractivity contribution in [1.29, 1.82) is 0 Å². The number of piperidine rings is 1.